The van der Waals surface area contributed by atoms with Gasteiger partial charge in [0.25, 0.3) is 0 Å². The molecule has 0 fully saturated rings. The van der Waals surface area contributed by atoms with E-state index in [9.17, 15) is 0 Å². The van der Waals surface area contributed by atoms with Crippen molar-refractivity contribution >= 4 is 27.5 Å². The molecule has 3 heteroatoms. The lowest BCUT2D eigenvalue weighted by Crippen LogP contribution is -2.18. The summed E-state index contributed by atoms with van der Waals surface area (Å²) >= 11 is 9.93. The quantitative estimate of drug-likeness (QED) is 0.828. The first-order valence-corrected chi connectivity index (χ1v) is 7.39. The highest BCUT2D eigenvalue weighted by Gasteiger charge is 2.16. The van der Waals surface area contributed by atoms with Crippen molar-refractivity contribution in [2.45, 2.75) is 19.9 Å². The van der Waals surface area contributed by atoms with Gasteiger partial charge in [0.2, 0.25) is 0 Å². The molecule has 0 saturated heterocycles. The summed E-state index contributed by atoms with van der Waals surface area (Å²) in [5.74, 6) is 0. The van der Waals surface area contributed by atoms with Crippen LogP contribution in [0.4, 0.5) is 0 Å². The molecule has 1 N–H and O–H groups in total. The molecule has 0 aliphatic heterocycles. The third-order valence-electron chi connectivity index (χ3n) is 3.39. The summed E-state index contributed by atoms with van der Waals surface area (Å²) in [4.78, 5) is 0. The van der Waals surface area contributed by atoms with E-state index in [2.05, 4.69) is 53.3 Å². The van der Waals surface area contributed by atoms with Gasteiger partial charge >= 0.3 is 0 Å². The summed E-state index contributed by atoms with van der Waals surface area (Å²) in [5, 5.41) is 4.15. The maximum absolute atomic E-state index is 6.41. The van der Waals surface area contributed by atoms with Crippen molar-refractivity contribution in [2.24, 2.45) is 0 Å². The molecule has 0 radical (unpaired) electrons. The fraction of sp³-hybridized carbons (Fsp3) is 0.250. The fourth-order valence-electron chi connectivity index (χ4n) is 2.21. The maximum Gasteiger partial charge on any atom is 0.0589 e. The Kier molecular flexibility index (Phi) is 4.67. The van der Waals surface area contributed by atoms with E-state index in [1.54, 1.807) is 0 Å². The van der Waals surface area contributed by atoms with Crippen molar-refractivity contribution in [3.05, 3.63) is 68.1 Å². The third-order valence-corrected chi connectivity index (χ3v) is 4.22. The third kappa shape index (κ3) is 3.19. The highest BCUT2D eigenvalue weighted by atomic mass is 79.9. The van der Waals surface area contributed by atoms with Crippen molar-refractivity contribution in [3.63, 3.8) is 0 Å². The molecule has 0 aliphatic carbocycles. The molecular weight excluding hydrogens is 322 g/mol. The Morgan fingerprint density at radius 1 is 1.11 bits per heavy atom. The first-order valence-electron chi connectivity index (χ1n) is 6.22. The van der Waals surface area contributed by atoms with Gasteiger partial charge in [0.05, 0.1) is 6.04 Å². The number of aryl methyl sites for hydroxylation is 2. The topological polar surface area (TPSA) is 12.0 Å². The van der Waals surface area contributed by atoms with Crippen LogP contribution in [0.25, 0.3) is 0 Å². The number of rotatable bonds is 3. The van der Waals surface area contributed by atoms with E-state index >= 15 is 0 Å². The van der Waals surface area contributed by atoms with Gasteiger partial charge in [-0.15, -0.1) is 0 Å². The second-order valence-electron chi connectivity index (χ2n) is 4.73. The lowest BCUT2D eigenvalue weighted by molar-refractivity contribution is 0.691. The molecule has 100 valence electrons. The standard InChI is InChI=1S/C16H17BrClN/c1-10-7-14(15(18)8-11(10)2)16(19-3)12-5-4-6-13(17)9-12/h4-9,16,19H,1-3H3. The second kappa shape index (κ2) is 6.08. The highest BCUT2D eigenvalue weighted by Crippen LogP contribution is 2.31. The molecule has 1 nitrogen and oxygen atoms in total. The first-order chi connectivity index (χ1) is 9.02. The van der Waals surface area contributed by atoms with E-state index in [0.717, 1.165) is 15.1 Å². The normalized spacial score (nSPS) is 12.5. The van der Waals surface area contributed by atoms with E-state index < -0.39 is 0 Å². The zero-order valence-electron chi connectivity index (χ0n) is 11.3. The number of hydrogen-bond acceptors (Lipinski definition) is 1. The van der Waals surface area contributed by atoms with Crippen LogP contribution in [0.3, 0.4) is 0 Å². The van der Waals surface area contributed by atoms with Gasteiger partial charge in [0.15, 0.2) is 0 Å². The Balaban J connectivity index is 2.51. The molecule has 1 atom stereocenters. The average Bonchev–Trinajstić information content (AvgIpc) is 2.36. The van der Waals surface area contributed by atoms with Crippen LogP contribution in [-0.4, -0.2) is 7.05 Å². The summed E-state index contributed by atoms with van der Waals surface area (Å²) in [7, 11) is 1.96. The molecule has 0 aromatic heterocycles. The molecule has 19 heavy (non-hydrogen) atoms. The van der Waals surface area contributed by atoms with Gasteiger partial charge in [0.1, 0.15) is 0 Å². The zero-order valence-corrected chi connectivity index (χ0v) is 13.6. The van der Waals surface area contributed by atoms with Crippen molar-refractivity contribution in [1.29, 1.82) is 0 Å². The summed E-state index contributed by atoms with van der Waals surface area (Å²) in [6.45, 7) is 4.20. The predicted molar refractivity (Wildman–Crippen MR) is 86.0 cm³/mol. The molecule has 2 aromatic rings. The molecule has 0 spiro atoms. The molecule has 0 amide bonds. The monoisotopic (exact) mass is 337 g/mol. The van der Waals surface area contributed by atoms with Crippen LogP contribution < -0.4 is 5.32 Å². The molecule has 1 unspecified atom stereocenters. The Hall–Kier alpha value is -0.830. The van der Waals surface area contributed by atoms with Crippen LogP contribution in [0, 0.1) is 13.8 Å². The van der Waals surface area contributed by atoms with Crippen molar-refractivity contribution in [2.75, 3.05) is 7.05 Å². The first kappa shape index (κ1) is 14.6. The SMILES string of the molecule is CNC(c1cccc(Br)c1)c1cc(C)c(C)cc1Cl. The van der Waals surface area contributed by atoms with E-state index in [1.807, 2.05) is 25.2 Å². The van der Waals surface area contributed by atoms with Gasteiger partial charge in [-0.3, -0.25) is 0 Å². The Bertz CT molecular complexity index is 595. The summed E-state index contributed by atoms with van der Waals surface area (Å²) in [6.07, 6.45) is 0. The Labute approximate surface area is 128 Å². The molecule has 0 bridgehead atoms. The fourth-order valence-corrected chi connectivity index (χ4v) is 2.96. The average molecular weight is 339 g/mol. The van der Waals surface area contributed by atoms with E-state index in [4.69, 9.17) is 11.6 Å². The minimum absolute atomic E-state index is 0.101. The number of benzene rings is 2. The Morgan fingerprint density at radius 2 is 1.79 bits per heavy atom. The van der Waals surface area contributed by atoms with Crippen LogP contribution in [0.5, 0.6) is 0 Å². The molecule has 0 saturated carbocycles. The Morgan fingerprint density at radius 3 is 2.42 bits per heavy atom. The predicted octanol–water partition coefficient (Wildman–Crippen LogP) is 5.03. The number of halogens is 2. The summed E-state index contributed by atoms with van der Waals surface area (Å²) in [6, 6.07) is 12.6. The van der Waals surface area contributed by atoms with Crippen LogP contribution in [0.2, 0.25) is 5.02 Å². The molecule has 2 aromatic carbocycles. The van der Waals surface area contributed by atoms with Crippen molar-refractivity contribution in [3.8, 4) is 0 Å². The smallest absolute Gasteiger partial charge is 0.0589 e. The molecule has 0 heterocycles. The summed E-state index contributed by atoms with van der Waals surface area (Å²) in [5.41, 5.74) is 4.79. The molecule has 2 rings (SSSR count). The van der Waals surface area contributed by atoms with Crippen LogP contribution in [0.15, 0.2) is 40.9 Å². The second-order valence-corrected chi connectivity index (χ2v) is 6.06. The van der Waals surface area contributed by atoms with Gasteiger partial charge in [-0.1, -0.05) is 45.7 Å². The largest absolute Gasteiger partial charge is 0.309 e. The van der Waals surface area contributed by atoms with E-state index in [1.165, 1.54) is 16.7 Å². The van der Waals surface area contributed by atoms with Crippen LogP contribution in [0.1, 0.15) is 28.3 Å². The van der Waals surface area contributed by atoms with Crippen molar-refractivity contribution < 1.29 is 0 Å². The molecular formula is C16H17BrClN. The lowest BCUT2D eigenvalue weighted by Gasteiger charge is -2.20. The van der Waals surface area contributed by atoms with Gasteiger partial charge in [-0.05, 0) is 61.3 Å². The molecule has 0 aliphatic rings. The number of nitrogens with one attached hydrogen (secondary N) is 1. The van der Waals surface area contributed by atoms with Crippen LogP contribution >= 0.6 is 27.5 Å². The van der Waals surface area contributed by atoms with Crippen molar-refractivity contribution in [1.82, 2.24) is 5.32 Å². The van der Waals surface area contributed by atoms with E-state index in [0.29, 0.717) is 0 Å². The van der Waals surface area contributed by atoms with Gasteiger partial charge in [0, 0.05) is 9.50 Å². The van der Waals surface area contributed by atoms with Gasteiger partial charge in [-0.25, -0.2) is 0 Å². The zero-order chi connectivity index (χ0) is 14.0. The minimum Gasteiger partial charge on any atom is -0.309 e. The highest BCUT2D eigenvalue weighted by molar-refractivity contribution is 9.10. The number of hydrogen-bond donors (Lipinski definition) is 1. The van der Waals surface area contributed by atoms with Gasteiger partial charge in [-0.2, -0.15) is 0 Å². The van der Waals surface area contributed by atoms with E-state index in [-0.39, 0.29) is 6.04 Å². The minimum atomic E-state index is 0.101. The lowest BCUT2D eigenvalue weighted by atomic mass is 9.95. The van der Waals surface area contributed by atoms with Crippen LogP contribution in [-0.2, 0) is 0 Å². The summed E-state index contributed by atoms with van der Waals surface area (Å²) < 4.78 is 1.07. The van der Waals surface area contributed by atoms with Gasteiger partial charge < -0.3 is 5.32 Å². The maximum atomic E-state index is 6.41.